The van der Waals surface area contributed by atoms with Crippen molar-refractivity contribution in [3.8, 4) is 0 Å². The molecule has 2 aromatic rings. The van der Waals surface area contributed by atoms with Crippen molar-refractivity contribution in [3.05, 3.63) is 64.6 Å². The highest BCUT2D eigenvalue weighted by Gasteiger charge is 2.42. The number of morpholine rings is 1. The van der Waals surface area contributed by atoms with Crippen molar-refractivity contribution >= 4 is 37.8 Å². The number of benzene rings is 2. The lowest BCUT2D eigenvalue weighted by atomic mass is 9.97. The summed E-state index contributed by atoms with van der Waals surface area (Å²) in [5, 5.41) is 0. The van der Waals surface area contributed by atoms with Crippen molar-refractivity contribution in [2.75, 3.05) is 13.2 Å². The smallest absolute Gasteiger partial charge is 0.265 e. The van der Waals surface area contributed by atoms with Crippen LogP contribution >= 0.6 is 15.9 Å². The fraction of sp³-hybridized carbons (Fsp3) is 0.300. The van der Waals surface area contributed by atoms with E-state index in [9.17, 15) is 18.0 Å². The highest BCUT2D eigenvalue weighted by molar-refractivity contribution is 9.10. The van der Waals surface area contributed by atoms with E-state index >= 15 is 0 Å². The molecule has 1 heterocycles. The molecule has 3 rings (SSSR count). The molecular formula is C20H21BrN2O5S. The Balaban J connectivity index is 1.90. The molecule has 1 fully saturated rings. The van der Waals surface area contributed by atoms with Crippen LogP contribution in [0.2, 0.25) is 0 Å². The van der Waals surface area contributed by atoms with Crippen LogP contribution in [0, 0.1) is 0 Å². The number of carbonyl (C=O) groups is 2. The minimum absolute atomic E-state index is 0.0392. The molecule has 154 valence electrons. The van der Waals surface area contributed by atoms with Gasteiger partial charge in [-0.15, -0.1) is 0 Å². The van der Waals surface area contributed by atoms with E-state index in [-0.39, 0.29) is 17.4 Å². The van der Waals surface area contributed by atoms with Gasteiger partial charge in [-0.2, -0.15) is 0 Å². The molecule has 1 aliphatic heterocycles. The van der Waals surface area contributed by atoms with Gasteiger partial charge >= 0.3 is 0 Å². The number of hydrogen-bond donors (Lipinski definition) is 1. The second-order valence-electron chi connectivity index (χ2n) is 6.60. The van der Waals surface area contributed by atoms with E-state index in [0.29, 0.717) is 18.5 Å². The van der Waals surface area contributed by atoms with Crippen LogP contribution in [0.3, 0.4) is 0 Å². The third-order valence-electron chi connectivity index (χ3n) is 4.55. The van der Waals surface area contributed by atoms with Crippen LogP contribution in [-0.4, -0.2) is 44.4 Å². The molecular weight excluding hydrogens is 460 g/mol. The number of halogens is 1. The molecule has 2 amide bonds. The van der Waals surface area contributed by atoms with Gasteiger partial charge in [0.25, 0.3) is 15.9 Å². The zero-order valence-electron chi connectivity index (χ0n) is 15.7. The molecule has 1 saturated heterocycles. The van der Waals surface area contributed by atoms with E-state index in [2.05, 4.69) is 20.7 Å². The Morgan fingerprint density at radius 2 is 1.83 bits per heavy atom. The minimum Gasteiger partial charge on any atom is -0.356 e. The highest BCUT2D eigenvalue weighted by atomic mass is 79.9. The van der Waals surface area contributed by atoms with Crippen LogP contribution in [0.25, 0.3) is 0 Å². The summed E-state index contributed by atoms with van der Waals surface area (Å²) in [5.41, 5.74) is 0.704. The van der Waals surface area contributed by atoms with Gasteiger partial charge in [0.2, 0.25) is 5.91 Å². The second-order valence-corrected chi connectivity index (χ2v) is 9.20. The molecule has 29 heavy (non-hydrogen) atoms. The maximum atomic E-state index is 12.9. The fourth-order valence-corrected chi connectivity index (χ4v) is 4.50. The number of carbonyl (C=O) groups excluding carboxylic acids is 2. The largest absolute Gasteiger partial charge is 0.356 e. The number of sulfonamides is 1. The predicted molar refractivity (Wildman–Crippen MR) is 110 cm³/mol. The van der Waals surface area contributed by atoms with Gasteiger partial charge in [0.05, 0.1) is 10.9 Å². The van der Waals surface area contributed by atoms with Gasteiger partial charge in [0, 0.05) is 11.0 Å². The lowest BCUT2D eigenvalue weighted by Gasteiger charge is -2.40. The third-order valence-corrected chi connectivity index (χ3v) is 6.44. The van der Waals surface area contributed by atoms with Crippen LogP contribution in [-0.2, 0) is 24.3 Å². The van der Waals surface area contributed by atoms with E-state index in [4.69, 9.17) is 4.74 Å². The molecule has 0 aromatic heterocycles. The molecule has 1 N–H and O–H groups in total. The van der Waals surface area contributed by atoms with Crippen molar-refractivity contribution in [3.63, 3.8) is 0 Å². The summed E-state index contributed by atoms with van der Waals surface area (Å²) in [6.07, 6.45) is -0.451. The third kappa shape index (κ3) is 4.85. The van der Waals surface area contributed by atoms with E-state index in [1.807, 2.05) is 13.0 Å². The van der Waals surface area contributed by atoms with Gasteiger partial charge in [0.1, 0.15) is 6.61 Å². The molecule has 1 aliphatic rings. The Morgan fingerprint density at radius 1 is 1.17 bits per heavy atom. The number of amides is 2. The molecule has 0 unspecified atom stereocenters. The fourth-order valence-electron chi connectivity index (χ4n) is 3.25. The Kier molecular flexibility index (Phi) is 6.71. The summed E-state index contributed by atoms with van der Waals surface area (Å²) in [7, 11) is -4.08. The Morgan fingerprint density at radius 3 is 2.45 bits per heavy atom. The van der Waals surface area contributed by atoms with Gasteiger partial charge in [-0.3, -0.25) is 9.59 Å². The van der Waals surface area contributed by atoms with Crippen LogP contribution in [0.1, 0.15) is 24.9 Å². The Labute approximate surface area is 178 Å². The van der Waals surface area contributed by atoms with E-state index in [1.54, 1.807) is 41.3 Å². The molecule has 7 nitrogen and oxygen atoms in total. The van der Waals surface area contributed by atoms with E-state index in [1.165, 1.54) is 12.1 Å². The minimum atomic E-state index is -4.08. The average Bonchev–Trinajstić information content (AvgIpc) is 2.70. The van der Waals surface area contributed by atoms with Gasteiger partial charge in [0.15, 0.2) is 6.10 Å². The zero-order valence-corrected chi connectivity index (χ0v) is 18.1. The van der Waals surface area contributed by atoms with Crippen LogP contribution in [0.5, 0.6) is 0 Å². The van der Waals surface area contributed by atoms with E-state index < -0.39 is 28.1 Å². The van der Waals surface area contributed by atoms with Crippen molar-refractivity contribution in [1.29, 1.82) is 0 Å². The normalized spacial score (nSPS) is 19.8. The summed E-state index contributed by atoms with van der Waals surface area (Å²) in [6.45, 7) is 2.09. The Bertz CT molecular complexity index is 980. The molecule has 0 radical (unpaired) electrons. The van der Waals surface area contributed by atoms with Crippen molar-refractivity contribution in [2.24, 2.45) is 0 Å². The van der Waals surface area contributed by atoms with E-state index in [0.717, 1.165) is 4.47 Å². The molecule has 2 aromatic carbocycles. The lowest BCUT2D eigenvalue weighted by Crippen LogP contribution is -2.55. The maximum absolute atomic E-state index is 12.9. The zero-order chi connectivity index (χ0) is 21.0. The number of ether oxygens (including phenoxy) is 1. The monoisotopic (exact) mass is 480 g/mol. The van der Waals surface area contributed by atoms with Gasteiger partial charge in [-0.25, -0.2) is 13.1 Å². The van der Waals surface area contributed by atoms with Crippen LogP contribution < -0.4 is 4.72 Å². The summed E-state index contributed by atoms with van der Waals surface area (Å²) < 4.78 is 33.6. The SMILES string of the molecule is CCCN1C(=O)CO[C@@H](C(=O)NS(=O)(=O)c2ccc(Br)cc2)[C@H]1c1ccccc1. The van der Waals surface area contributed by atoms with Gasteiger partial charge < -0.3 is 9.64 Å². The first kappa shape index (κ1) is 21.5. The number of nitrogens with zero attached hydrogens (tertiary/aromatic N) is 1. The molecule has 0 aliphatic carbocycles. The first-order valence-electron chi connectivity index (χ1n) is 9.11. The predicted octanol–water partition coefficient (Wildman–Crippen LogP) is 2.63. The Hall–Kier alpha value is -2.23. The van der Waals surface area contributed by atoms with Crippen molar-refractivity contribution in [2.45, 2.75) is 30.4 Å². The molecule has 9 heteroatoms. The average molecular weight is 481 g/mol. The lowest BCUT2D eigenvalue weighted by molar-refractivity contribution is -0.163. The maximum Gasteiger partial charge on any atom is 0.265 e. The van der Waals surface area contributed by atoms with Crippen molar-refractivity contribution in [1.82, 2.24) is 9.62 Å². The standard InChI is InChI=1S/C20H21BrN2O5S/c1-2-12-23-17(24)13-28-19(18(23)14-6-4-3-5-7-14)20(25)22-29(26,27)16-10-8-15(21)9-11-16/h3-11,18-19H,2,12-13H2,1H3,(H,22,25)/t18-,19-/m1/s1. The first-order chi connectivity index (χ1) is 13.8. The van der Waals surface area contributed by atoms with Gasteiger partial charge in [-0.1, -0.05) is 53.2 Å². The quantitative estimate of drug-likeness (QED) is 0.685. The summed E-state index contributed by atoms with van der Waals surface area (Å²) in [4.78, 5) is 26.9. The molecule has 0 bridgehead atoms. The summed E-state index contributed by atoms with van der Waals surface area (Å²) >= 11 is 3.25. The molecule has 2 atom stereocenters. The molecule has 0 spiro atoms. The van der Waals surface area contributed by atoms with Crippen molar-refractivity contribution < 1.29 is 22.7 Å². The number of nitrogens with one attached hydrogen (secondary N) is 1. The molecule has 0 saturated carbocycles. The number of hydrogen-bond acceptors (Lipinski definition) is 5. The van der Waals surface area contributed by atoms with Gasteiger partial charge in [-0.05, 0) is 36.2 Å². The van der Waals surface area contributed by atoms with Crippen LogP contribution in [0.4, 0.5) is 0 Å². The first-order valence-corrected chi connectivity index (χ1v) is 11.4. The second kappa shape index (κ2) is 9.06. The topological polar surface area (TPSA) is 92.8 Å². The summed E-state index contributed by atoms with van der Waals surface area (Å²) in [5.74, 6) is -1.05. The summed E-state index contributed by atoms with van der Waals surface area (Å²) in [6, 6.07) is 14.2. The number of rotatable bonds is 6. The van der Waals surface area contributed by atoms with Crippen LogP contribution in [0.15, 0.2) is 64.0 Å². The highest BCUT2D eigenvalue weighted by Crippen LogP contribution is 2.31.